The Balaban J connectivity index is 1.76. The minimum Gasteiger partial charge on any atom is -0.494 e. The van der Waals surface area contributed by atoms with Crippen molar-refractivity contribution in [1.82, 2.24) is 0 Å². The van der Waals surface area contributed by atoms with Crippen LogP contribution in [0.1, 0.15) is 29.3 Å². The highest BCUT2D eigenvalue weighted by atomic mass is 19.1. The van der Waals surface area contributed by atoms with Gasteiger partial charge in [-0.05, 0) is 67.1 Å². The standard InChI is InChI=1S/C25H23FN2O3/c1-2-30-23-13-11-22(12-14-23)28(16-4-15-27)25(29)20-5-3-6-24(17-20)31-18-19-7-9-21(26)10-8-19/h3,5-14,17H,2,4,16,18H2,1H3. The third-order valence-corrected chi connectivity index (χ3v) is 4.55. The third-order valence-electron chi connectivity index (χ3n) is 4.55. The molecule has 0 N–H and O–H groups in total. The second kappa shape index (κ2) is 10.8. The Hall–Kier alpha value is -3.85. The smallest absolute Gasteiger partial charge is 0.258 e. The number of hydrogen-bond donors (Lipinski definition) is 0. The molecule has 0 fully saturated rings. The van der Waals surface area contributed by atoms with Crippen molar-refractivity contribution in [3.63, 3.8) is 0 Å². The Labute approximate surface area is 181 Å². The van der Waals surface area contributed by atoms with Gasteiger partial charge in [-0.1, -0.05) is 18.2 Å². The van der Waals surface area contributed by atoms with E-state index in [-0.39, 0.29) is 31.3 Å². The van der Waals surface area contributed by atoms with Crippen LogP contribution in [0.25, 0.3) is 0 Å². The van der Waals surface area contributed by atoms with Gasteiger partial charge in [0, 0.05) is 17.8 Å². The first-order valence-corrected chi connectivity index (χ1v) is 9.99. The van der Waals surface area contributed by atoms with Crippen molar-refractivity contribution in [3.8, 4) is 17.6 Å². The van der Waals surface area contributed by atoms with E-state index in [1.807, 2.05) is 6.92 Å². The van der Waals surface area contributed by atoms with E-state index >= 15 is 0 Å². The number of nitrogens with zero attached hydrogens (tertiary/aromatic N) is 2. The highest BCUT2D eigenvalue weighted by molar-refractivity contribution is 6.06. The molecule has 0 aromatic heterocycles. The number of benzene rings is 3. The Morgan fingerprint density at radius 2 is 1.74 bits per heavy atom. The summed E-state index contributed by atoms with van der Waals surface area (Å²) in [5.41, 5.74) is 1.95. The van der Waals surface area contributed by atoms with Gasteiger partial charge in [-0.3, -0.25) is 4.79 Å². The zero-order valence-electron chi connectivity index (χ0n) is 17.3. The van der Waals surface area contributed by atoms with Gasteiger partial charge in [0.05, 0.1) is 19.1 Å². The van der Waals surface area contributed by atoms with E-state index in [0.717, 1.165) is 11.3 Å². The summed E-state index contributed by atoms with van der Waals surface area (Å²) in [7, 11) is 0. The maximum Gasteiger partial charge on any atom is 0.258 e. The van der Waals surface area contributed by atoms with Crippen LogP contribution in [0.3, 0.4) is 0 Å². The number of anilines is 1. The summed E-state index contributed by atoms with van der Waals surface area (Å²) >= 11 is 0. The van der Waals surface area contributed by atoms with Gasteiger partial charge in [0.15, 0.2) is 0 Å². The normalized spacial score (nSPS) is 10.2. The Morgan fingerprint density at radius 1 is 1.00 bits per heavy atom. The van der Waals surface area contributed by atoms with Crippen molar-refractivity contribution in [2.24, 2.45) is 0 Å². The molecule has 158 valence electrons. The average molecular weight is 418 g/mol. The zero-order chi connectivity index (χ0) is 22.1. The number of hydrogen-bond acceptors (Lipinski definition) is 4. The summed E-state index contributed by atoms with van der Waals surface area (Å²) in [6, 6.07) is 22.2. The summed E-state index contributed by atoms with van der Waals surface area (Å²) in [6.45, 7) is 2.99. The molecule has 3 rings (SSSR count). The second-order valence-corrected chi connectivity index (χ2v) is 6.73. The summed E-state index contributed by atoms with van der Waals surface area (Å²) in [6.07, 6.45) is 0.208. The highest BCUT2D eigenvalue weighted by Gasteiger charge is 2.18. The molecule has 0 aliphatic rings. The predicted octanol–water partition coefficient (Wildman–Crippen LogP) is 5.36. The number of ether oxygens (including phenoxy) is 2. The molecule has 0 unspecified atom stereocenters. The molecular formula is C25H23FN2O3. The topological polar surface area (TPSA) is 62.6 Å². The Morgan fingerprint density at radius 3 is 2.42 bits per heavy atom. The minimum atomic E-state index is -0.303. The lowest BCUT2D eigenvalue weighted by molar-refractivity contribution is 0.0987. The van der Waals surface area contributed by atoms with Crippen LogP contribution in [0, 0.1) is 17.1 Å². The Bertz CT molecular complexity index is 1040. The van der Waals surface area contributed by atoms with Crippen LogP contribution >= 0.6 is 0 Å². The maximum absolute atomic E-state index is 13.2. The fraction of sp³-hybridized carbons (Fsp3) is 0.200. The zero-order valence-corrected chi connectivity index (χ0v) is 17.3. The number of halogens is 1. The molecule has 0 heterocycles. The molecule has 6 heteroatoms. The second-order valence-electron chi connectivity index (χ2n) is 6.73. The minimum absolute atomic E-state index is 0.208. The molecule has 0 atom stereocenters. The fourth-order valence-electron chi connectivity index (χ4n) is 3.02. The molecule has 1 amide bonds. The van der Waals surface area contributed by atoms with E-state index in [0.29, 0.717) is 23.6 Å². The molecule has 3 aromatic rings. The van der Waals surface area contributed by atoms with Gasteiger partial charge < -0.3 is 14.4 Å². The lowest BCUT2D eigenvalue weighted by Gasteiger charge is -2.22. The van der Waals surface area contributed by atoms with Gasteiger partial charge in [-0.25, -0.2) is 4.39 Å². The van der Waals surface area contributed by atoms with Crippen LogP contribution < -0.4 is 14.4 Å². The van der Waals surface area contributed by atoms with Crippen LogP contribution in [-0.4, -0.2) is 19.1 Å². The molecule has 0 saturated carbocycles. The lowest BCUT2D eigenvalue weighted by atomic mass is 10.1. The number of carbonyl (C=O) groups excluding carboxylic acids is 1. The first kappa shape index (κ1) is 21.8. The van der Waals surface area contributed by atoms with Gasteiger partial charge in [0.2, 0.25) is 0 Å². The number of amides is 1. The van der Waals surface area contributed by atoms with Gasteiger partial charge >= 0.3 is 0 Å². The van der Waals surface area contributed by atoms with Crippen molar-refractivity contribution in [3.05, 3.63) is 89.7 Å². The monoisotopic (exact) mass is 418 g/mol. The van der Waals surface area contributed by atoms with Crippen molar-refractivity contribution in [2.45, 2.75) is 20.0 Å². The molecular weight excluding hydrogens is 395 g/mol. The molecule has 0 radical (unpaired) electrons. The largest absolute Gasteiger partial charge is 0.494 e. The first-order chi connectivity index (χ1) is 15.1. The van der Waals surface area contributed by atoms with E-state index in [1.54, 1.807) is 65.6 Å². The van der Waals surface area contributed by atoms with Crippen LogP contribution in [0.2, 0.25) is 0 Å². The molecule has 5 nitrogen and oxygen atoms in total. The number of nitriles is 1. The molecule has 31 heavy (non-hydrogen) atoms. The fourth-order valence-corrected chi connectivity index (χ4v) is 3.02. The third kappa shape index (κ3) is 6.06. The van der Waals surface area contributed by atoms with Gasteiger partial charge in [-0.2, -0.15) is 5.26 Å². The SMILES string of the molecule is CCOc1ccc(N(CCC#N)C(=O)c2cccc(OCc3ccc(F)cc3)c2)cc1. The summed E-state index contributed by atoms with van der Waals surface area (Å²) in [4.78, 5) is 14.8. The summed E-state index contributed by atoms with van der Waals surface area (Å²) < 4.78 is 24.3. The number of carbonyl (C=O) groups is 1. The van der Waals surface area contributed by atoms with Crippen LogP contribution in [0.5, 0.6) is 11.5 Å². The average Bonchev–Trinajstić information content (AvgIpc) is 2.80. The molecule has 3 aromatic carbocycles. The van der Waals surface area contributed by atoms with E-state index in [1.165, 1.54) is 12.1 Å². The lowest BCUT2D eigenvalue weighted by Crippen LogP contribution is -2.31. The van der Waals surface area contributed by atoms with Crippen molar-refractivity contribution in [2.75, 3.05) is 18.1 Å². The molecule has 0 bridgehead atoms. The van der Waals surface area contributed by atoms with E-state index in [2.05, 4.69) is 6.07 Å². The van der Waals surface area contributed by atoms with Crippen LogP contribution in [-0.2, 0) is 6.61 Å². The maximum atomic E-state index is 13.2. The molecule has 0 aliphatic heterocycles. The van der Waals surface area contributed by atoms with Crippen molar-refractivity contribution >= 4 is 11.6 Å². The summed E-state index contributed by atoms with van der Waals surface area (Å²) in [5.74, 6) is 0.715. The highest BCUT2D eigenvalue weighted by Crippen LogP contribution is 2.23. The van der Waals surface area contributed by atoms with E-state index < -0.39 is 0 Å². The molecule has 0 saturated heterocycles. The first-order valence-electron chi connectivity index (χ1n) is 9.99. The van der Waals surface area contributed by atoms with Crippen molar-refractivity contribution in [1.29, 1.82) is 5.26 Å². The Kier molecular flexibility index (Phi) is 7.61. The van der Waals surface area contributed by atoms with E-state index in [9.17, 15) is 9.18 Å². The van der Waals surface area contributed by atoms with Crippen LogP contribution in [0.15, 0.2) is 72.8 Å². The molecule has 0 spiro atoms. The van der Waals surface area contributed by atoms with Crippen LogP contribution in [0.4, 0.5) is 10.1 Å². The quantitative estimate of drug-likeness (QED) is 0.469. The number of rotatable bonds is 9. The van der Waals surface area contributed by atoms with Crippen molar-refractivity contribution < 1.29 is 18.7 Å². The van der Waals surface area contributed by atoms with Gasteiger partial charge in [0.25, 0.3) is 5.91 Å². The van der Waals surface area contributed by atoms with Gasteiger partial charge in [0.1, 0.15) is 23.9 Å². The predicted molar refractivity (Wildman–Crippen MR) is 117 cm³/mol. The molecule has 0 aliphatic carbocycles. The summed E-state index contributed by atoms with van der Waals surface area (Å²) in [5, 5.41) is 9.02. The van der Waals surface area contributed by atoms with E-state index in [4.69, 9.17) is 14.7 Å². The van der Waals surface area contributed by atoms with Gasteiger partial charge in [-0.15, -0.1) is 0 Å².